The molecule has 246 valence electrons. The maximum atomic E-state index is 14.8. The van der Waals surface area contributed by atoms with Gasteiger partial charge in [-0.05, 0) is 48.2 Å². The predicted octanol–water partition coefficient (Wildman–Crippen LogP) is 2.32. The summed E-state index contributed by atoms with van der Waals surface area (Å²) in [5, 5.41) is 0. The first-order chi connectivity index (χ1) is 19.9. The third kappa shape index (κ3) is 11.8. The van der Waals surface area contributed by atoms with Gasteiger partial charge < -0.3 is 11.5 Å². The molecule has 22 heteroatoms. The van der Waals surface area contributed by atoms with Gasteiger partial charge in [-0.1, -0.05) is 44.0 Å². The van der Waals surface area contributed by atoms with E-state index in [-0.39, 0.29) is 32.9 Å². The standard InChI is InChI=1S/C22H25Br2F4N4O9PS2/c1-43(36,37)31-17(19(29)33)9-11-3-5-13(15(23)7-11)21(25,26)40-42(35)41-22(27,28)14-6-4-12(8-16(14)24)10-18(20(30)34)32-44(2,38)39/h3-8,17-18,31-32,42H,9-10H2,1-2H3,(H2,29,33)(H2,30,34). The first-order valence-corrected chi connectivity index (χ1v) is 18.3. The molecule has 0 aliphatic heterocycles. The number of hydrogen-bond acceptors (Lipinski definition) is 9. The molecule has 0 saturated carbocycles. The van der Waals surface area contributed by atoms with Gasteiger partial charge in [0.05, 0.1) is 23.6 Å². The zero-order valence-corrected chi connectivity index (χ0v) is 28.3. The van der Waals surface area contributed by atoms with Crippen LogP contribution in [-0.2, 0) is 68.3 Å². The minimum Gasteiger partial charge on any atom is -0.368 e. The van der Waals surface area contributed by atoms with Gasteiger partial charge in [-0.15, -0.1) is 0 Å². The van der Waals surface area contributed by atoms with Crippen molar-refractivity contribution in [2.45, 2.75) is 37.1 Å². The Morgan fingerprint density at radius 2 is 1.11 bits per heavy atom. The fourth-order valence-corrected chi connectivity index (χ4v) is 7.00. The minimum atomic E-state index is -4.62. The summed E-state index contributed by atoms with van der Waals surface area (Å²) in [5.41, 5.74) is 8.75. The Morgan fingerprint density at radius 3 is 1.36 bits per heavy atom. The summed E-state index contributed by atoms with van der Waals surface area (Å²) in [6.07, 6.45) is -7.96. The molecule has 2 rings (SSSR count). The third-order valence-corrected chi connectivity index (χ3v) is 8.98. The molecular weight excluding hydrogens is 795 g/mol. The normalized spacial score (nSPS) is 15.0. The number of nitrogens with two attached hydrogens (primary N) is 2. The van der Waals surface area contributed by atoms with Crippen LogP contribution in [0.4, 0.5) is 17.6 Å². The van der Waals surface area contributed by atoms with Crippen molar-refractivity contribution in [1.29, 1.82) is 0 Å². The second-order valence-corrected chi connectivity index (χ2v) is 15.4. The minimum absolute atomic E-state index is 0.161. The molecule has 13 nitrogen and oxygen atoms in total. The van der Waals surface area contributed by atoms with E-state index >= 15 is 0 Å². The van der Waals surface area contributed by atoms with Gasteiger partial charge in [-0.25, -0.2) is 35.3 Å². The average molecular weight is 820 g/mol. The van der Waals surface area contributed by atoms with Crippen molar-refractivity contribution in [3.63, 3.8) is 0 Å². The first-order valence-electron chi connectivity index (χ1n) is 11.7. The summed E-state index contributed by atoms with van der Waals surface area (Å²) < 4.78 is 129. The van der Waals surface area contributed by atoms with Crippen LogP contribution < -0.4 is 20.9 Å². The highest BCUT2D eigenvalue weighted by Gasteiger charge is 2.43. The molecule has 0 fully saturated rings. The summed E-state index contributed by atoms with van der Waals surface area (Å²) in [6, 6.07) is 2.94. The van der Waals surface area contributed by atoms with Crippen molar-refractivity contribution in [1.82, 2.24) is 9.44 Å². The number of halogens is 6. The Kier molecular flexibility index (Phi) is 12.7. The van der Waals surface area contributed by atoms with Crippen LogP contribution in [0.2, 0.25) is 0 Å². The first kappa shape index (κ1) is 38.2. The molecule has 0 radical (unpaired) electrons. The maximum absolute atomic E-state index is 14.8. The van der Waals surface area contributed by atoms with Crippen molar-refractivity contribution in [2.24, 2.45) is 11.5 Å². The molecule has 6 N–H and O–H groups in total. The lowest BCUT2D eigenvalue weighted by Gasteiger charge is -2.22. The van der Waals surface area contributed by atoms with Crippen molar-refractivity contribution < 1.29 is 57.6 Å². The maximum Gasteiger partial charge on any atom is 0.390 e. The molecule has 2 aromatic rings. The van der Waals surface area contributed by atoms with Gasteiger partial charge in [0, 0.05) is 8.95 Å². The van der Waals surface area contributed by atoms with Gasteiger partial charge in [0.25, 0.3) is 0 Å². The number of nitrogens with one attached hydrogen (secondary N) is 2. The monoisotopic (exact) mass is 818 g/mol. The summed E-state index contributed by atoms with van der Waals surface area (Å²) in [6.45, 7) is 0. The number of primary amides is 2. The lowest BCUT2D eigenvalue weighted by atomic mass is 10.0. The van der Waals surface area contributed by atoms with E-state index in [2.05, 4.69) is 40.9 Å². The van der Waals surface area contributed by atoms with Crippen LogP contribution in [0.5, 0.6) is 0 Å². The Morgan fingerprint density at radius 1 is 0.795 bits per heavy atom. The van der Waals surface area contributed by atoms with Crippen LogP contribution in [0.3, 0.4) is 0 Å². The summed E-state index contributed by atoms with van der Waals surface area (Å²) in [4.78, 5) is 23.2. The molecule has 0 bridgehead atoms. The number of benzene rings is 2. The molecule has 0 aromatic heterocycles. The van der Waals surface area contributed by atoms with Crippen LogP contribution in [0, 0.1) is 0 Å². The largest absolute Gasteiger partial charge is 0.390 e. The van der Waals surface area contributed by atoms with Gasteiger partial charge in [0.15, 0.2) is 0 Å². The Bertz CT molecular complexity index is 1550. The number of rotatable bonds is 16. The average Bonchev–Trinajstić information content (AvgIpc) is 2.80. The van der Waals surface area contributed by atoms with E-state index in [4.69, 9.17) is 11.5 Å². The van der Waals surface area contributed by atoms with Gasteiger partial charge in [-0.3, -0.25) is 14.2 Å². The number of amides is 2. The van der Waals surface area contributed by atoms with E-state index in [0.29, 0.717) is 0 Å². The molecule has 0 aliphatic carbocycles. The van der Waals surface area contributed by atoms with Crippen molar-refractivity contribution in [3.05, 3.63) is 67.6 Å². The second kappa shape index (κ2) is 14.6. The number of sulfonamides is 2. The zero-order valence-electron chi connectivity index (χ0n) is 22.4. The second-order valence-electron chi connectivity index (χ2n) is 9.21. The van der Waals surface area contributed by atoms with Gasteiger partial charge in [0.2, 0.25) is 31.9 Å². The van der Waals surface area contributed by atoms with Crippen LogP contribution in [0.25, 0.3) is 0 Å². The molecule has 2 atom stereocenters. The Balaban J connectivity index is 2.18. The van der Waals surface area contributed by atoms with E-state index < -0.39 is 75.5 Å². The summed E-state index contributed by atoms with van der Waals surface area (Å²) >= 11 is 5.70. The van der Waals surface area contributed by atoms with E-state index in [1.165, 1.54) is 0 Å². The number of hydrogen-bond donors (Lipinski definition) is 4. The van der Waals surface area contributed by atoms with Crippen molar-refractivity contribution in [2.75, 3.05) is 12.5 Å². The van der Waals surface area contributed by atoms with Gasteiger partial charge >= 0.3 is 20.5 Å². The van der Waals surface area contributed by atoms with Crippen molar-refractivity contribution in [3.8, 4) is 0 Å². The molecule has 0 heterocycles. The van der Waals surface area contributed by atoms with E-state index in [1.807, 2.05) is 9.44 Å². The highest BCUT2D eigenvalue weighted by atomic mass is 79.9. The molecule has 0 saturated heterocycles. The Hall–Kier alpha value is -1.97. The molecule has 44 heavy (non-hydrogen) atoms. The van der Waals surface area contributed by atoms with Crippen LogP contribution in [0.15, 0.2) is 45.3 Å². The smallest absolute Gasteiger partial charge is 0.368 e. The number of alkyl halides is 4. The molecular formula is C22H25Br2F4N4O9PS2. The van der Waals surface area contributed by atoms with E-state index in [0.717, 1.165) is 48.9 Å². The fraction of sp³-hybridized carbons (Fsp3) is 0.364. The fourth-order valence-electron chi connectivity index (χ4n) is 3.57. The summed E-state index contributed by atoms with van der Waals surface area (Å²) in [7, 11) is -12.3. The molecule has 0 spiro atoms. The van der Waals surface area contributed by atoms with Gasteiger partial charge in [-0.2, -0.15) is 17.6 Å². The van der Waals surface area contributed by atoms with Gasteiger partial charge in [0.1, 0.15) is 12.1 Å². The van der Waals surface area contributed by atoms with Crippen LogP contribution in [0.1, 0.15) is 22.3 Å². The molecule has 2 amide bonds. The van der Waals surface area contributed by atoms with Crippen LogP contribution >= 0.6 is 40.1 Å². The van der Waals surface area contributed by atoms with Crippen LogP contribution in [-0.4, -0.2) is 53.2 Å². The van der Waals surface area contributed by atoms with Crippen molar-refractivity contribution >= 4 is 72.0 Å². The lowest BCUT2D eigenvalue weighted by molar-refractivity contribution is -0.221. The van der Waals surface area contributed by atoms with E-state index in [9.17, 15) is 48.6 Å². The summed E-state index contributed by atoms with van der Waals surface area (Å²) in [5.74, 6) is -2.08. The number of carbonyl (C=O) groups is 2. The zero-order chi connectivity index (χ0) is 33.8. The quantitative estimate of drug-likeness (QED) is 0.144. The third-order valence-electron chi connectivity index (χ3n) is 5.40. The Labute approximate surface area is 266 Å². The lowest BCUT2D eigenvalue weighted by Crippen LogP contribution is -2.45. The highest BCUT2D eigenvalue weighted by molar-refractivity contribution is 9.10. The van der Waals surface area contributed by atoms with E-state index in [1.54, 1.807) is 0 Å². The SMILES string of the molecule is CS(=O)(=O)NC(Cc1ccc(C(F)(F)O[PH](=O)OC(F)(F)c2ccc(CC(NS(C)(=O)=O)C(N)=O)cc2Br)c(Br)c1)C(N)=O. The predicted molar refractivity (Wildman–Crippen MR) is 157 cm³/mol. The molecule has 2 aromatic carbocycles. The highest BCUT2D eigenvalue weighted by Crippen LogP contribution is 2.48. The molecule has 2 unspecified atom stereocenters. The number of carbonyl (C=O) groups excluding carboxylic acids is 2. The topological polar surface area (TPSA) is 214 Å². The molecule has 0 aliphatic rings.